The van der Waals surface area contributed by atoms with Crippen LogP contribution in [-0.4, -0.2) is 43.9 Å². The number of hydrogen-bond acceptors (Lipinski definition) is 7. The van der Waals surface area contributed by atoms with Crippen LogP contribution < -0.4 is 15.5 Å². The molecule has 5 rings (SSSR count). The third-order valence-corrected chi connectivity index (χ3v) is 14.0. The van der Waals surface area contributed by atoms with Crippen molar-refractivity contribution in [1.29, 1.82) is 5.26 Å². The third-order valence-electron chi connectivity index (χ3n) is 9.20. The molecule has 2 aromatic carbocycles. The molecule has 0 bridgehead atoms. The molecule has 3 heterocycles. The number of benzene rings is 2. The second-order valence-electron chi connectivity index (χ2n) is 13.2. The zero-order valence-electron chi connectivity index (χ0n) is 25.7. The Kier molecular flexibility index (Phi) is 7.63. The second kappa shape index (κ2) is 10.7. The number of amides is 1. The average molecular weight is 603 g/mol. The van der Waals surface area contributed by atoms with Gasteiger partial charge < -0.3 is 20.0 Å². The number of carbonyl (C=O) groups excluding carboxylic acids is 1. The molecular formula is C32H39ClN6O2Si. The standard InChI is InChI=1S/C32H39ClN6O2Si/c1-19-23-10-12-39(20(2)40)29(23)25(33)15-27(19)38-30-35-11-9-26(37-30)21-13-22(16-34)28-24(14-21)32(6,17-36-28)18-41-42(7,8)31(3,4)5/h9,11,13-15,36H,10,12,17-18H2,1-8H3,(H,35,37,38). The average Bonchev–Trinajstić information content (AvgIpc) is 3.53. The fourth-order valence-corrected chi connectivity index (χ4v) is 6.91. The summed E-state index contributed by atoms with van der Waals surface area (Å²) < 4.78 is 6.66. The number of nitrogens with zero attached hydrogens (tertiary/aromatic N) is 4. The van der Waals surface area contributed by atoms with Gasteiger partial charge >= 0.3 is 0 Å². The summed E-state index contributed by atoms with van der Waals surface area (Å²) in [5.41, 5.74) is 7.46. The van der Waals surface area contributed by atoms with Gasteiger partial charge in [0.2, 0.25) is 11.9 Å². The summed E-state index contributed by atoms with van der Waals surface area (Å²) in [6.45, 7) is 18.9. The van der Waals surface area contributed by atoms with Gasteiger partial charge in [0.05, 0.1) is 27.7 Å². The lowest BCUT2D eigenvalue weighted by molar-refractivity contribution is -0.116. The van der Waals surface area contributed by atoms with Gasteiger partial charge in [0.15, 0.2) is 8.32 Å². The Morgan fingerprint density at radius 1 is 1.31 bits per heavy atom. The zero-order chi connectivity index (χ0) is 30.6. The Balaban J connectivity index is 1.47. The van der Waals surface area contributed by atoms with Crippen LogP contribution in [0.1, 0.15) is 56.9 Å². The minimum Gasteiger partial charge on any atom is -0.416 e. The first kappa shape index (κ1) is 30.0. The molecule has 0 spiro atoms. The molecule has 0 fully saturated rings. The molecule has 0 radical (unpaired) electrons. The SMILES string of the molecule is CC(=O)N1CCc2c(C)c(Nc3nccc(-c4cc(C#N)c5c(c4)C(C)(CO[Si](C)(C)C(C)(C)C)CN5)n3)cc(Cl)c21. The quantitative estimate of drug-likeness (QED) is 0.285. The first-order valence-corrected chi connectivity index (χ1v) is 17.6. The van der Waals surface area contributed by atoms with Gasteiger partial charge in [-0.1, -0.05) is 39.3 Å². The van der Waals surface area contributed by atoms with E-state index in [-0.39, 0.29) is 16.4 Å². The van der Waals surface area contributed by atoms with E-state index < -0.39 is 8.32 Å². The molecule has 220 valence electrons. The van der Waals surface area contributed by atoms with Crippen LogP contribution in [0.25, 0.3) is 11.3 Å². The number of fused-ring (bicyclic) bond motifs is 2. The minimum absolute atomic E-state index is 0.0178. The molecule has 42 heavy (non-hydrogen) atoms. The van der Waals surface area contributed by atoms with Crippen LogP contribution in [0.15, 0.2) is 30.5 Å². The summed E-state index contributed by atoms with van der Waals surface area (Å²) in [6.07, 6.45) is 2.46. The predicted molar refractivity (Wildman–Crippen MR) is 172 cm³/mol. The Labute approximate surface area is 254 Å². The molecular weight excluding hydrogens is 564 g/mol. The van der Waals surface area contributed by atoms with Crippen LogP contribution in [0.2, 0.25) is 23.2 Å². The van der Waals surface area contributed by atoms with Gasteiger partial charge in [-0.05, 0) is 72.4 Å². The van der Waals surface area contributed by atoms with Gasteiger partial charge in [-0.25, -0.2) is 9.97 Å². The molecule has 10 heteroatoms. The van der Waals surface area contributed by atoms with Gasteiger partial charge in [-0.15, -0.1) is 0 Å². The molecule has 1 atom stereocenters. The Morgan fingerprint density at radius 3 is 2.71 bits per heavy atom. The molecule has 0 aliphatic carbocycles. The van der Waals surface area contributed by atoms with Crippen LogP contribution in [0.4, 0.5) is 23.0 Å². The van der Waals surface area contributed by atoms with E-state index in [1.54, 1.807) is 18.0 Å². The number of aromatic nitrogens is 2. The first-order chi connectivity index (χ1) is 19.6. The molecule has 1 amide bonds. The minimum atomic E-state index is -1.96. The van der Waals surface area contributed by atoms with Crippen molar-refractivity contribution >= 4 is 48.8 Å². The van der Waals surface area contributed by atoms with Crippen molar-refractivity contribution in [3.05, 3.63) is 57.7 Å². The fraction of sp³-hybridized carbons (Fsp3) is 0.438. The topological polar surface area (TPSA) is 103 Å². The summed E-state index contributed by atoms with van der Waals surface area (Å²) in [7, 11) is -1.96. The monoisotopic (exact) mass is 602 g/mol. The number of nitriles is 1. The smallest absolute Gasteiger partial charge is 0.227 e. The number of rotatable bonds is 6. The van der Waals surface area contributed by atoms with Crippen molar-refractivity contribution in [3.8, 4) is 17.3 Å². The molecule has 2 N–H and O–H groups in total. The van der Waals surface area contributed by atoms with Crippen LogP contribution >= 0.6 is 11.6 Å². The van der Waals surface area contributed by atoms with Gasteiger partial charge in [0, 0.05) is 49.5 Å². The lowest BCUT2D eigenvalue weighted by Crippen LogP contribution is -2.45. The van der Waals surface area contributed by atoms with Gasteiger partial charge in [-0.2, -0.15) is 5.26 Å². The Hall–Kier alpha value is -3.45. The van der Waals surface area contributed by atoms with E-state index in [0.29, 0.717) is 41.9 Å². The molecule has 8 nitrogen and oxygen atoms in total. The number of nitrogens with one attached hydrogen (secondary N) is 2. The molecule has 0 saturated heterocycles. The predicted octanol–water partition coefficient (Wildman–Crippen LogP) is 7.33. The van der Waals surface area contributed by atoms with Crippen molar-refractivity contribution in [2.45, 2.75) is 71.5 Å². The van der Waals surface area contributed by atoms with Crippen molar-refractivity contribution in [2.75, 3.05) is 35.2 Å². The van der Waals surface area contributed by atoms with Crippen LogP contribution in [0, 0.1) is 18.3 Å². The Bertz CT molecular complexity index is 1630. The van der Waals surface area contributed by atoms with Crippen LogP contribution in [-0.2, 0) is 21.1 Å². The highest BCUT2D eigenvalue weighted by molar-refractivity contribution is 6.74. The van der Waals surface area contributed by atoms with E-state index in [1.165, 1.54) is 0 Å². The van der Waals surface area contributed by atoms with E-state index in [9.17, 15) is 10.1 Å². The van der Waals surface area contributed by atoms with Crippen LogP contribution in [0.5, 0.6) is 0 Å². The van der Waals surface area contributed by atoms with Crippen molar-refractivity contribution in [2.24, 2.45) is 0 Å². The van der Waals surface area contributed by atoms with Crippen molar-refractivity contribution < 1.29 is 9.22 Å². The summed E-state index contributed by atoms with van der Waals surface area (Å²) >= 11 is 6.65. The van der Waals surface area contributed by atoms with E-state index in [2.05, 4.69) is 68.5 Å². The zero-order valence-corrected chi connectivity index (χ0v) is 27.5. The number of carbonyl (C=O) groups is 1. The molecule has 2 aliphatic rings. The highest BCUT2D eigenvalue weighted by Crippen LogP contribution is 2.44. The van der Waals surface area contributed by atoms with E-state index in [1.807, 2.05) is 25.1 Å². The van der Waals surface area contributed by atoms with E-state index in [0.717, 1.165) is 45.7 Å². The van der Waals surface area contributed by atoms with Crippen molar-refractivity contribution in [3.63, 3.8) is 0 Å². The molecule has 3 aromatic rings. The molecule has 0 saturated carbocycles. The molecule has 1 aromatic heterocycles. The maximum Gasteiger partial charge on any atom is 0.227 e. The lowest BCUT2D eigenvalue weighted by atomic mass is 9.83. The Morgan fingerprint density at radius 2 is 2.05 bits per heavy atom. The summed E-state index contributed by atoms with van der Waals surface area (Å²) in [4.78, 5) is 23.1. The summed E-state index contributed by atoms with van der Waals surface area (Å²) in [6, 6.07) is 10.1. The lowest BCUT2D eigenvalue weighted by Gasteiger charge is -2.39. The highest BCUT2D eigenvalue weighted by Gasteiger charge is 2.42. The molecule has 2 aliphatic heterocycles. The van der Waals surface area contributed by atoms with Gasteiger partial charge in [0.1, 0.15) is 6.07 Å². The summed E-state index contributed by atoms with van der Waals surface area (Å²) in [5.74, 6) is 0.407. The molecule has 1 unspecified atom stereocenters. The number of hydrogen-bond donors (Lipinski definition) is 2. The first-order valence-electron chi connectivity index (χ1n) is 14.3. The number of halogens is 1. The van der Waals surface area contributed by atoms with Gasteiger partial charge in [-0.3, -0.25) is 4.79 Å². The van der Waals surface area contributed by atoms with Gasteiger partial charge in [0.25, 0.3) is 0 Å². The second-order valence-corrected chi connectivity index (χ2v) is 18.4. The third kappa shape index (κ3) is 5.28. The normalized spacial score (nSPS) is 17.9. The fourth-order valence-electron chi connectivity index (χ4n) is 5.47. The maximum atomic E-state index is 12.1. The maximum absolute atomic E-state index is 12.1. The van der Waals surface area contributed by atoms with E-state index in [4.69, 9.17) is 21.0 Å². The highest BCUT2D eigenvalue weighted by atomic mass is 35.5. The van der Waals surface area contributed by atoms with E-state index >= 15 is 0 Å². The summed E-state index contributed by atoms with van der Waals surface area (Å²) in [5, 5.41) is 17.5. The van der Waals surface area contributed by atoms with Crippen molar-refractivity contribution in [1.82, 2.24) is 9.97 Å². The van der Waals surface area contributed by atoms with Crippen LogP contribution in [0.3, 0.4) is 0 Å². The largest absolute Gasteiger partial charge is 0.416 e. The number of anilines is 4.